The van der Waals surface area contributed by atoms with Crippen LogP contribution >= 0.6 is 0 Å². The summed E-state index contributed by atoms with van der Waals surface area (Å²) in [6.07, 6.45) is 3.40. The van der Waals surface area contributed by atoms with Crippen LogP contribution in [0.4, 0.5) is 0 Å². The lowest BCUT2D eigenvalue weighted by Crippen LogP contribution is -2.44. The standard InChI is InChI=1S/C14H29N3O/c1-4-13(5-2)12(3)16-14(18)11-17-9-6-7-15-8-10-17/h12-13,15H,4-11H2,1-3H3,(H,16,18). The Bertz CT molecular complexity index is 227. The number of hydrogen-bond acceptors (Lipinski definition) is 3. The third-order valence-electron chi connectivity index (χ3n) is 3.94. The molecule has 1 saturated heterocycles. The molecule has 106 valence electrons. The predicted molar refractivity (Wildman–Crippen MR) is 75.6 cm³/mol. The molecule has 18 heavy (non-hydrogen) atoms. The lowest BCUT2D eigenvalue weighted by Gasteiger charge is -2.25. The summed E-state index contributed by atoms with van der Waals surface area (Å²) < 4.78 is 0. The highest BCUT2D eigenvalue weighted by Gasteiger charge is 2.18. The van der Waals surface area contributed by atoms with Gasteiger partial charge in [0.15, 0.2) is 0 Å². The number of rotatable bonds is 6. The Morgan fingerprint density at radius 3 is 2.67 bits per heavy atom. The molecule has 0 aromatic heterocycles. The van der Waals surface area contributed by atoms with Gasteiger partial charge in [0, 0.05) is 19.1 Å². The van der Waals surface area contributed by atoms with Crippen LogP contribution in [0.25, 0.3) is 0 Å². The second-order valence-corrected chi connectivity index (χ2v) is 5.31. The van der Waals surface area contributed by atoms with E-state index in [1.165, 1.54) is 0 Å². The van der Waals surface area contributed by atoms with Crippen LogP contribution < -0.4 is 10.6 Å². The van der Waals surface area contributed by atoms with Gasteiger partial charge in [0.1, 0.15) is 0 Å². The third-order valence-corrected chi connectivity index (χ3v) is 3.94. The molecule has 1 rings (SSSR count). The van der Waals surface area contributed by atoms with Crippen molar-refractivity contribution >= 4 is 5.91 Å². The number of carbonyl (C=O) groups excluding carboxylic acids is 1. The van der Waals surface area contributed by atoms with E-state index in [1.54, 1.807) is 0 Å². The van der Waals surface area contributed by atoms with Crippen LogP contribution in [0, 0.1) is 5.92 Å². The largest absolute Gasteiger partial charge is 0.352 e. The Hall–Kier alpha value is -0.610. The first-order valence-electron chi connectivity index (χ1n) is 7.39. The quantitative estimate of drug-likeness (QED) is 0.750. The molecule has 0 spiro atoms. The molecular weight excluding hydrogens is 226 g/mol. The van der Waals surface area contributed by atoms with E-state index in [1.807, 2.05) is 0 Å². The lowest BCUT2D eigenvalue weighted by atomic mass is 9.95. The van der Waals surface area contributed by atoms with Crippen LogP contribution in [0.5, 0.6) is 0 Å². The topological polar surface area (TPSA) is 44.4 Å². The van der Waals surface area contributed by atoms with Crippen molar-refractivity contribution < 1.29 is 4.79 Å². The number of nitrogens with zero attached hydrogens (tertiary/aromatic N) is 1. The van der Waals surface area contributed by atoms with E-state index in [0.717, 1.165) is 45.4 Å². The maximum atomic E-state index is 12.0. The minimum Gasteiger partial charge on any atom is -0.352 e. The maximum absolute atomic E-state index is 12.0. The summed E-state index contributed by atoms with van der Waals surface area (Å²) in [5, 5.41) is 6.50. The average molecular weight is 255 g/mol. The van der Waals surface area contributed by atoms with E-state index in [0.29, 0.717) is 12.5 Å². The average Bonchev–Trinajstić information content (AvgIpc) is 2.59. The van der Waals surface area contributed by atoms with E-state index in [9.17, 15) is 4.79 Å². The van der Waals surface area contributed by atoms with Crippen LogP contribution in [0.1, 0.15) is 40.0 Å². The van der Waals surface area contributed by atoms with E-state index in [-0.39, 0.29) is 11.9 Å². The van der Waals surface area contributed by atoms with Crippen molar-refractivity contribution in [1.29, 1.82) is 0 Å². The van der Waals surface area contributed by atoms with E-state index in [2.05, 4.69) is 36.3 Å². The molecule has 1 fully saturated rings. The summed E-state index contributed by atoms with van der Waals surface area (Å²) in [6, 6.07) is 0.289. The van der Waals surface area contributed by atoms with E-state index < -0.39 is 0 Å². The Morgan fingerprint density at radius 2 is 2.00 bits per heavy atom. The van der Waals surface area contributed by atoms with Gasteiger partial charge in [-0.1, -0.05) is 26.7 Å². The zero-order valence-corrected chi connectivity index (χ0v) is 12.2. The fraction of sp³-hybridized carbons (Fsp3) is 0.929. The second-order valence-electron chi connectivity index (χ2n) is 5.31. The van der Waals surface area contributed by atoms with Gasteiger partial charge in [-0.05, 0) is 32.4 Å². The van der Waals surface area contributed by atoms with Crippen molar-refractivity contribution in [1.82, 2.24) is 15.5 Å². The molecule has 4 nitrogen and oxygen atoms in total. The number of carbonyl (C=O) groups is 1. The van der Waals surface area contributed by atoms with Crippen LogP contribution in [0.3, 0.4) is 0 Å². The molecule has 4 heteroatoms. The molecule has 0 aromatic carbocycles. The molecule has 0 bridgehead atoms. The lowest BCUT2D eigenvalue weighted by molar-refractivity contribution is -0.123. The van der Waals surface area contributed by atoms with Gasteiger partial charge >= 0.3 is 0 Å². The zero-order valence-electron chi connectivity index (χ0n) is 12.2. The fourth-order valence-electron chi connectivity index (χ4n) is 2.68. The Balaban J connectivity index is 2.31. The first-order valence-corrected chi connectivity index (χ1v) is 7.39. The van der Waals surface area contributed by atoms with Gasteiger partial charge in [0.2, 0.25) is 5.91 Å². The molecule has 1 atom stereocenters. The summed E-state index contributed by atoms with van der Waals surface area (Å²) in [5.41, 5.74) is 0. The van der Waals surface area contributed by atoms with Crippen molar-refractivity contribution in [3.8, 4) is 0 Å². The van der Waals surface area contributed by atoms with Crippen molar-refractivity contribution in [3.05, 3.63) is 0 Å². The van der Waals surface area contributed by atoms with E-state index in [4.69, 9.17) is 0 Å². The highest BCUT2D eigenvalue weighted by Crippen LogP contribution is 2.12. The van der Waals surface area contributed by atoms with Crippen molar-refractivity contribution in [2.24, 2.45) is 5.92 Å². The summed E-state index contributed by atoms with van der Waals surface area (Å²) in [4.78, 5) is 14.2. The van der Waals surface area contributed by atoms with Crippen LogP contribution in [-0.2, 0) is 4.79 Å². The van der Waals surface area contributed by atoms with Gasteiger partial charge in [-0.3, -0.25) is 9.69 Å². The van der Waals surface area contributed by atoms with Gasteiger partial charge in [-0.2, -0.15) is 0 Å². The SMILES string of the molecule is CCC(CC)C(C)NC(=O)CN1CCCNCC1. The van der Waals surface area contributed by atoms with Gasteiger partial charge in [0.05, 0.1) is 6.54 Å². The maximum Gasteiger partial charge on any atom is 0.234 e. The number of hydrogen-bond donors (Lipinski definition) is 2. The Labute approximate surface area is 111 Å². The summed E-state index contributed by atoms with van der Waals surface area (Å²) in [5.74, 6) is 0.774. The monoisotopic (exact) mass is 255 g/mol. The van der Waals surface area contributed by atoms with Crippen LogP contribution in [-0.4, -0.2) is 49.6 Å². The second kappa shape index (κ2) is 8.48. The van der Waals surface area contributed by atoms with Crippen LogP contribution in [0.2, 0.25) is 0 Å². The van der Waals surface area contributed by atoms with E-state index >= 15 is 0 Å². The molecule has 1 heterocycles. The number of amides is 1. The molecule has 0 aromatic rings. The smallest absolute Gasteiger partial charge is 0.234 e. The van der Waals surface area contributed by atoms with Gasteiger partial charge in [-0.25, -0.2) is 0 Å². The zero-order chi connectivity index (χ0) is 13.4. The molecule has 0 radical (unpaired) electrons. The Morgan fingerprint density at radius 1 is 1.28 bits per heavy atom. The molecule has 1 aliphatic rings. The summed E-state index contributed by atoms with van der Waals surface area (Å²) in [7, 11) is 0. The minimum absolute atomic E-state index is 0.177. The normalized spacial score (nSPS) is 19.6. The predicted octanol–water partition coefficient (Wildman–Crippen LogP) is 1.22. The van der Waals surface area contributed by atoms with Crippen molar-refractivity contribution in [3.63, 3.8) is 0 Å². The molecule has 1 aliphatic heterocycles. The van der Waals surface area contributed by atoms with Crippen LogP contribution in [0.15, 0.2) is 0 Å². The fourth-order valence-corrected chi connectivity index (χ4v) is 2.68. The highest BCUT2D eigenvalue weighted by molar-refractivity contribution is 5.78. The van der Waals surface area contributed by atoms with Gasteiger partial charge < -0.3 is 10.6 Å². The summed E-state index contributed by atoms with van der Waals surface area (Å²) in [6.45, 7) is 11.1. The van der Waals surface area contributed by atoms with Crippen molar-refractivity contribution in [2.45, 2.75) is 46.1 Å². The third kappa shape index (κ3) is 5.36. The molecule has 1 unspecified atom stereocenters. The van der Waals surface area contributed by atoms with Gasteiger partial charge in [-0.15, -0.1) is 0 Å². The summed E-state index contributed by atoms with van der Waals surface area (Å²) >= 11 is 0. The number of nitrogens with one attached hydrogen (secondary N) is 2. The molecule has 0 saturated carbocycles. The molecule has 2 N–H and O–H groups in total. The van der Waals surface area contributed by atoms with Crippen molar-refractivity contribution in [2.75, 3.05) is 32.7 Å². The van der Waals surface area contributed by atoms with Gasteiger partial charge in [0.25, 0.3) is 0 Å². The highest BCUT2D eigenvalue weighted by atomic mass is 16.2. The molecule has 0 aliphatic carbocycles. The minimum atomic E-state index is 0.177. The Kier molecular flexibility index (Phi) is 7.28. The molecular formula is C14H29N3O. The first kappa shape index (κ1) is 15.4. The molecule has 1 amide bonds. The first-order chi connectivity index (χ1) is 8.67.